The van der Waals surface area contributed by atoms with Crippen molar-refractivity contribution in [1.82, 2.24) is 25.1 Å². The predicted octanol–water partition coefficient (Wildman–Crippen LogP) is 1.69. The Labute approximate surface area is 137 Å². The molecule has 2 heterocycles. The standard InChI is InChI=1S/C14H14FN5O3S/c1-8-13(9(2)19-18-8)24(21,22)16-7-12-17-14(20-23-12)10-3-5-11(15)6-4-10/h3-6,16H,7H2,1-2H3,(H,18,19). The molecule has 0 spiro atoms. The summed E-state index contributed by atoms with van der Waals surface area (Å²) in [6.45, 7) is 3.05. The van der Waals surface area contributed by atoms with E-state index in [0.717, 1.165) is 0 Å². The Morgan fingerprint density at radius 2 is 1.96 bits per heavy atom. The van der Waals surface area contributed by atoms with Crippen LogP contribution in [0.15, 0.2) is 33.7 Å². The van der Waals surface area contributed by atoms with E-state index in [1.165, 1.54) is 24.3 Å². The molecule has 24 heavy (non-hydrogen) atoms. The smallest absolute Gasteiger partial charge is 0.244 e. The van der Waals surface area contributed by atoms with E-state index in [2.05, 4.69) is 25.1 Å². The van der Waals surface area contributed by atoms with Crippen LogP contribution in [0.3, 0.4) is 0 Å². The van der Waals surface area contributed by atoms with Crippen molar-refractivity contribution >= 4 is 10.0 Å². The SMILES string of the molecule is Cc1n[nH]c(C)c1S(=O)(=O)NCc1nc(-c2ccc(F)cc2)no1. The zero-order valence-corrected chi connectivity index (χ0v) is 13.7. The van der Waals surface area contributed by atoms with Crippen molar-refractivity contribution in [3.63, 3.8) is 0 Å². The van der Waals surface area contributed by atoms with E-state index in [4.69, 9.17) is 4.52 Å². The number of hydrogen-bond donors (Lipinski definition) is 2. The molecular weight excluding hydrogens is 337 g/mol. The Bertz CT molecular complexity index is 943. The minimum Gasteiger partial charge on any atom is -0.338 e. The zero-order valence-electron chi connectivity index (χ0n) is 12.9. The van der Waals surface area contributed by atoms with Gasteiger partial charge in [0.05, 0.1) is 17.9 Å². The van der Waals surface area contributed by atoms with Gasteiger partial charge in [0, 0.05) is 5.56 Å². The maximum Gasteiger partial charge on any atom is 0.244 e. The number of nitrogens with zero attached hydrogens (tertiary/aromatic N) is 3. The van der Waals surface area contributed by atoms with Gasteiger partial charge in [0.15, 0.2) is 0 Å². The molecule has 0 radical (unpaired) electrons. The van der Waals surface area contributed by atoms with Gasteiger partial charge in [-0.15, -0.1) is 0 Å². The van der Waals surface area contributed by atoms with Crippen LogP contribution in [-0.4, -0.2) is 28.8 Å². The van der Waals surface area contributed by atoms with Crippen molar-refractivity contribution < 1.29 is 17.3 Å². The molecule has 0 saturated heterocycles. The first-order valence-corrected chi connectivity index (χ1v) is 8.45. The summed E-state index contributed by atoms with van der Waals surface area (Å²) in [4.78, 5) is 4.19. The summed E-state index contributed by atoms with van der Waals surface area (Å²) >= 11 is 0. The molecule has 2 N–H and O–H groups in total. The molecule has 10 heteroatoms. The molecule has 0 aliphatic heterocycles. The summed E-state index contributed by atoms with van der Waals surface area (Å²) in [7, 11) is -3.76. The molecule has 0 aliphatic carbocycles. The number of aryl methyl sites for hydroxylation is 2. The Kier molecular flexibility index (Phi) is 4.16. The Morgan fingerprint density at radius 1 is 1.25 bits per heavy atom. The number of benzene rings is 1. The molecule has 0 amide bonds. The van der Waals surface area contributed by atoms with Gasteiger partial charge in [0.1, 0.15) is 10.7 Å². The third kappa shape index (κ3) is 3.19. The molecule has 0 unspecified atom stereocenters. The van der Waals surface area contributed by atoms with Gasteiger partial charge >= 0.3 is 0 Å². The normalized spacial score (nSPS) is 11.8. The first-order valence-electron chi connectivity index (χ1n) is 6.96. The van der Waals surface area contributed by atoms with Crippen LogP contribution in [0.1, 0.15) is 17.3 Å². The molecule has 0 atom stereocenters. The Hall–Kier alpha value is -2.59. The number of nitrogens with one attached hydrogen (secondary N) is 2. The van der Waals surface area contributed by atoms with Gasteiger partial charge in [0.25, 0.3) is 0 Å². The molecule has 1 aromatic carbocycles. The summed E-state index contributed by atoms with van der Waals surface area (Å²) in [5, 5.41) is 10.2. The molecule has 0 saturated carbocycles. The van der Waals surface area contributed by atoms with Crippen molar-refractivity contribution in [3.8, 4) is 11.4 Å². The molecule has 8 nitrogen and oxygen atoms in total. The lowest BCUT2D eigenvalue weighted by Crippen LogP contribution is -2.24. The monoisotopic (exact) mass is 351 g/mol. The molecule has 0 fully saturated rings. The van der Waals surface area contributed by atoms with Gasteiger partial charge in [-0.25, -0.2) is 17.5 Å². The van der Waals surface area contributed by atoms with Crippen LogP contribution in [0.2, 0.25) is 0 Å². The van der Waals surface area contributed by atoms with Crippen LogP contribution in [0, 0.1) is 19.7 Å². The Morgan fingerprint density at radius 3 is 2.58 bits per heavy atom. The minimum atomic E-state index is -3.76. The second-order valence-corrected chi connectivity index (χ2v) is 6.81. The van der Waals surface area contributed by atoms with Crippen LogP contribution >= 0.6 is 0 Å². The largest absolute Gasteiger partial charge is 0.338 e. The van der Waals surface area contributed by atoms with E-state index in [-0.39, 0.29) is 29.0 Å². The van der Waals surface area contributed by atoms with E-state index in [9.17, 15) is 12.8 Å². The van der Waals surface area contributed by atoms with Crippen LogP contribution < -0.4 is 4.72 Å². The molecule has 0 bridgehead atoms. The van der Waals surface area contributed by atoms with E-state index < -0.39 is 10.0 Å². The van der Waals surface area contributed by atoms with Crippen molar-refractivity contribution in [2.24, 2.45) is 0 Å². The topological polar surface area (TPSA) is 114 Å². The van der Waals surface area contributed by atoms with E-state index in [0.29, 0.717) is 17.0 Å². The Balaban J connectivity index is 1.75. The first kappa shape index (κ1) is 16.3. The average molecular weight is 351 g/mol. The van der Waals surface area contributed by atoms with E-state index in [1.54, 1.807) is 13.8 Å². The summed E-state index contributed by atoms with van der Waals surface area (Å²) in [6.07, 6.45) is 0. The zero-order chi connectivity index (χ0) is 17.3. The molecule has 2 aromatic heterocycles. The number of H-pyrrole nitrogens is 1. The molecule has 3 rings (SSSR count). The molecule has 3 aromatic rings. The second kappa shape index (κ2) is 6.13. The van der Waals surface area contributed by atoms with Gasteiger partial charge in [0.2, 0.25) is 21.7 Å². The molecule has 0 aliphatic rings. The number of rotatable bonds is 5. The highest BCUT2D eigenvalue weighted by Crippen LogP contribution is 2.18. The maximum absolute atomic E-state index is 12.9. The van der Waals surface area contributed by atoms with Crippen LogP contribution in [0.25, 0.3) is 11.4 Å². The van der Waals surface area contributed by atoms with Crippen molar-refractivity contribution in [2.75, 3.05) is 0 Å². The fourth-order valence-corrected chi connectivity index (χ4v) is 3.55. The quantitative estimate of drug-likeness (QED) is 0.723. The number of aromatic nitrogens is 4. The fourth-order valence-electron chi connectivity index (χ4n) is 2.21. The third-order valence-corrected chi connectivity index (χ3v) is 4.98. The van der Waals surface area contributed by atoms with E-state index >= 15 is 0 Å². The van der Waals surface area contributed by atoms with Crippen molar-refractivity contribution in [2.45, 2.75) is 25.3 Å². The van der Waals surface area contributed by atoms with Crippen molar-refractivity contribution in [3.05, 3.63) is 47.4 Å². The summed E-state index contributed by atoms with van der Waals surface area (Å²) < 4.78 is 45.0. The second-order valence-electron chi connectivity index (χ2n) is 5.11. The van der Waals surface area contributed by atoms with Crippen LogP contribution in [0.4, 0.5) is 4.39 Å². The highest BCUT2D eigenvalue weighted by atomic mass is 32.2. The van der Waals surface area contributed by atoms with Crippen molar-refractivity contribution in [1.29, 1.82) is 0 Å². The number of hydrogen-bond acceptors (Lipinski definition) is 6. The lowest BCUT2D eigenvalue weighted by molar-refractivity contribution is 0.376. The maximum atomic E-state index is 12.9. The first-order chi connectivity index (χ1) is 11.4. The number of halogens is 1. The highest BCUT2D eigenvalue weighted by molar-refractivity contribution is 7.89. The molecular formula is C14H14FN5O3S. The number of aromatic amines is 1. The van der Waals surface area contributed by atoms with Gasteiger partial charge in [-0.05, 0) is 38.1 Å². The third-order valence-electron chi connectivity index (χ3n) is 3.31. The lowest BCUT2D eigenvalue weighted by Gasteiger charge is -2.04. The van der Waals surface area contributed by atoms with Gasteiger partial charge < -0.3 is 4.52 Å². The predicted molar refractivity (Wildman–Crippen MR) is 81.8 cm³/mol. The fraction of sp³-hybridized carbons (Fsp3) is 0.214. The van der Waals surface area contributed by atoms with Gasteiger partial charge in [-0.3, -0.25) is 5.10 Å². The minimum absolute atomic E-state index is 0.0942. The van der Waals surface area contributed by atoms with E-state index in [1.807, 2.05) is 0 Å². The highest BCUT2D eigenvalue weighted by Gasteiger charge is 2.23. The average Bonchev–Trinajstić information content (AvgIpc) is 3.13. The summed E-state index contributed by atoms with van der Waals surface area (Å²) in [5.74, 6) is -0.0300. The van der Waals surface area contributed by atoms with Crippen LogP contribution in [-0.2, 0) is 16.6 Å². The summed E-state index contributed by atoms with van der Waals surface area (Å²) in [6, 6.07) is 5.57. The van der Waals surface area contributed by atoms with Gasteiger partial charge in [-0.2, -0.15) is 10.1 Å². The van der Waals surface area contributed by atoms with Gasteiger partial charge in [-0.1, -0.05) is 5.16 Å². The van der Waals surface area contributed by atoms with Crippen LogP contribution in [0.5, 0.6) is 0 Å². The summed E-state index contributed by atoms with van der Waals surface area (Å²) in [5.41, 5.74) is 1.38. The number of sulfonamides is 1. The lowest BCUT2D eigenvalue weighted by atomic mass is 10.2. The molecule has 126 valence electrons.